The number of aromatic hydroxyl groups is 1. The van der Waals surface area contributed by atoms with E-state index in [2.05, 4.69) is 63.1 Å². The maximum Gasteiger partial charge on any atom is 0.339 e. The highest BCUT2D eigenvalue weighted by Gasteiger charge is 2.36. The fraction of sp³-hybridized carbons (Fsp3) is 0.464. The van der Waals surface area contributed by atoms with Crippen LogP contribution in [0, 0.1) is 11.8 Å². The molecule has 6 heteroatoms. The molecular weight excluding hydrogens is 430 g/mol. The van der Waals surface area contributed by atoms with E-state index in [1.807, 2.05) is 0 Å². The molecule has 0 heterocycles. The van der Waals surface area contributed by atoms with Crippen LogP contribution in [-0.4, -0.2) is 52.7 Å². The number of carbonyl (C=O) groups is 1. The molecule has 184 valence electrons. The highest BCUT2D eigenvalue weighted by molar-refractivity contribution is 5.90. The van der Waals surface area contributed by atoms with Gasteiger partial charge in [0, 0.05) is 25.1 Å². The van der Waals surface area contributed by atoms with E-state index < -0.39 is 5.97 Å². The lowest BCUT2D eigenvalue weighted by Gasteiger charge is -2.42. The molecule has 0 radical (unpaired) electrons. The summed E-state index contributed by atoms with van der Waals surface area (Å²) in [4.78, 5) is 11.0. The summed E-state index contributed by atoms with van der Waals surface area (Å²) >= 11 is 0. The summed E-state index contributed by atoms with van der Waals surface area (Å²) < 4.78 is 0. The zero-order valence-electron chi connectivity index (χ0n) is 20.6. The molecule has 6 nitrogen and oxygen atoms in total. The number of aromatic carboxylic acids is 1. The summed E-state index contributed by atoms with van der Waals surface area (Å²) in [5.41, 5.74) is 4.91. The third-order valence-corrected chi connectivity index (χ3v) is 6.25. The van der Waals surface area contributed by atoms with Gasteiger partial charge in [0.2, 0.25) is 0 Å². The van der Waals surface area contributed by atoms with Gasteiger partial charge in [-0.25, -0.2) is 4.79 Å². The van der Waals surface area contributed by atoms with Gasteiger partial charge in [-0.1, -0.05) is 57.7 Å². The normalized spacial score (nSPS) is 15.2. The molecule has 2 aromatic carbocycles. The van der Waals surface area contributed by atoms with Crippen LogP contribution < -0.4 is 5.32 Å². The molecule has 0 aromatic heterocycles. The molecule has 0 aliphatic heterocycles. The number of benzene rings is 2. The summed E-state index contributed by atoms with van der Waals surface area (Å²) in [7, 11) is 0. The van der Waals surface area contributed by atoms with Gasteiger partial charge in [-0.3, -0.25) is 0 Å². The van der Waals surface area contributed by atoms with Crippen LogP contribution in [0.3, 0.4) is 0 Å². The summed E-state index contributed by atoms with van der Waals surface area (Å²) in [5, 5.41) is 37.8. The van der Waals surface area contributed by atoms with E-state index in [9.17, 15) is 9.90 Å². The number of carboxylic acids is 1. The predicted octanol–water partition coefficient (Wildman–Crippen LogP) is 3.59. The van der Waals surface area contributed by atoms with Crippen LogP contribution in [-0.2, 0) is 17.3 Å². The summed E-state index contributed by atoms with van der Waals surface area (Å²) in [6, 6.07) is 11.1. The van der Waals surface area contributed by atoms with E-state index in [1.54, 1.807) is 6.07 Å². The molecule has 0 unspecified atom stereocenters. The van der Waals surface area contributed by atoms with Crippen molar-refractivity contribution in [2.75, 3.05) is 26.3 Å². The molecule has 0 fully saturated rings. The standard InChI is InChI=1S/C24H26O3.C4H11NO2/c1-23(2)12-13-24(3,4)20-14-16(9-11-19(20)23)6-5-7-17-8-10-18(22(26)27)21(25)15-17;6-3-1-5-2-4-7/h8-11,14-15,25H,6,12-13H2,1-4H3,(H,26,27);5-7H,1-4H2. The molecule has 0 atom stereocenters. The Bertz CT molecular complexity index is 1040. The molecule has 34 heavy (non-hydrogen) atoms. The van der Waals surface area contributed by atoms with Gasteiger partial charge in [-0.15, -0.1) is 0 Å². The first kappa shape index (κ1) is 27.4. The van der Waals surface area contributed by atoms with Crippen LogP contribution in [0.5, 0.6) is 5.75 Å². The summed E-state index contributed by atoms with van der Waals surface area (Å²) in [6.07, 6.45) is 2.99. The minimum absolute atomic E-state index is 0.111. The molecule has 0 bridgehead atoms. The fourth-order valence-corrected chi connectivity index (χ4v) is 4.07. The van der Waals surface area contributed by atoms with Crippen molar-refractivity contribution in [3.63, 3.8) is 0 Å². The topological polar surface area (TPSA) is 110 Å². The minimum Gasteiger partial charge on any atom is -0.507 e. The second-order valence-electron chi connectivity index (χ2n) is 9.86. The van der Waals surface area contributed by atoms with Gasteiger partial charge in [-0.2, -0.15) is 0 Å². The van der Waals surface area contributed by atoms with Gasteiger partial charge in [0.1, 0.15) is 11.3 Å². The number of rotatable bonds is 6. The molecule has 2 aromatic rings. The van der Waals surface area contributed by atoms with Crippen molar-refractivity contribution >= 4 is 5.97 Å². The monoisotopic (exact) mass is 467 g/mol. The number of aliphatic hydroxyl groups excluding tert-OH is 2. The van der Waals surface area contributed by atoms with Gasteiger partial charge in [-0.05, 0) is 58.6 Å². The van der Waals surface area contributed by atoms with E-state index in [-0.39, 0.29) is 35.4 Å². The van der Waals surface area contributed by atoms with E-state index in [0.29, 0.717) is 25.1 Å². The Morgan fingerprint density at radius 3 is 2.12 bits per heavy atom. The first-order valence-corrected chi connectivity index (χ1v) is 11.6. The van der Waals surface area contributed by atoms with Crippen molar-refractivity contribution in [2.45, 2.75) is 57.8 Å². The maximum atomic E-state index is 11.0. The molecule has 0 amide bonds. The van der Waals surface area contributed by atoms with E-state index in [4.69, 9.17) is 15.3 Å². The van der Waals surface area contributed by atoms with Crippen LogP contribution in [0.4, 0.5) is 0 Å². The molecule has 0 saturated carbocycles. The third kappa shape index (κ3) is 7.33. The molecule has 0 spiro atoms. The van der Waals surface area contributed by atoms with Crippen LogP contribution in [0.1, 0.15) is 73.1 Å². The lowest BCUT2D eigenvalue weighted by molar-refractivity contribution is 0.0693. The Morgan fingerprint density at radius 2 is 1.56 bits per heavy atom. The van der Waals surface area contributed by atoms with Crippen molar-refractivity contribution in [1.29, 1.82) is 0 Å². The molecule has 1 aliphatic carbocycles. The van der Waals surface area contributed by atoms with Gasteiger partial charge < -0.3 is 25.7 Å². The van der Waals surface area contributed by atoms with Gasteiger partial charge in [0.05, 0.1) is 13.2 Å². The average molecular weight is 468 g/mol. The quantitative estimate of drug-likeness (QED) is 0.328. The van der Waals surface area contributed by atoms with Crippen molar-refractivity contribution in [3.8, 4) is 17.6 Å². The molecule has 3 rings (SSSR count). The van der Waals surface area contributed by atoms with Crippen LogP contribution >= 0.6 is 0 Å². The zero-order chi connectivity index (χ0) is 25.4. The largest absolute Gasteiger partial charge is 0.507 e. The number of carboxylic acid groups (broad SMARTS) is 1. The Labute approximate surface area is 202 Å². The maximum absolute atomic E-state index is 11.0. The molecular formula is C28H37NO5. The Kier molecular flexibility index (Phi) is 9.69. The van der Waals surface area contributed by atoms with Crippen molar-refractivity contribution in [1.82, 2.24) is 5.32 Å². The Morgan fingerprint density at radius 1 is 0.941 bits per heavy atom. The van der Waals surface area contributed by atoms with Crippen molar-refractivity contribution in [3.05, 3.63) is 64.2 Å². The van der Waals surface area contributed by atoms with Crippen molar-refractivity contribution < 1.29 is 25.2 Å². The first-order chi connectivity index (χ1) is 16.0. The molecule has 5 N–H and O–H groups in total. The zero-order valence-corrected chi connectivity index (χ0v) is 20.6. The van der Waals surface area contributed by atoms with Crippen molar-refractivity contribution in [2.24, 2.45) is 0 Å². The Balaban J connectivity index is 0.000000509. The van der Waals surface area contributed by atoms with E-state index in [1.165, 1.54) is 41.7 Å². The van der Waals surface area contributed by atoms with Crippen LogP contribution in [0.2, 0.25) is 0 Å². The number of phenols is 1. The lowest BCUT2D eigenvalue weighted by atomic mass is 9.63. The highest BCUT2D eigenvalue weighted by atomic mass is 16.4. The summed E-state index contributed by atoms with van der Waals surface area (Å²) in [6.45, 7) is 10.7. The second kappa shape index (κ2) is 12.0. The van der Waals surface area contributed by atoms with Gasteiger partial charge in [0.25, 0.3) is 0 Å². The van der Waals surface area contributed by atoms with Gasteiger partial charge >= 0.3 is 5.97 Å². The Hall–Kier alpha value is -2.85. The number of fused-ring (bicyclic) bond motifs is 1. The molecule has 1 aliphatic rings. The smallest absolute Gasteiger partial charge is 0.339 e. The van der Waals surface area contributed by atoms with E-state index in [0.717, 1.165) is 0 Å². The van der Waals surface area contributed by atoms with Crippen LogP contribution in [0.25, 0.3) is 0 Å². The average Bonchev–Trinajstić information content (AvgIpc) is 2.78. The molecule has 0 saturated heterocycles. The van der Waals surface area contributed by atoms with Gasteiger partial charge in [0.15, 0.2) is 0 Å². The second-order valence-corrected chi connectivity index (χ2v) is 9.86. The minimum atomic E-state index is -1.15. The first-order valence-electron chi connectivity index (χ1n) is 11.6. The number of hydrogen-bond donors (Lipinski definition) is 5. The summed E-state index contributed by atoms with van der Waals surface area (Å²) in [5.74, 6) is 4.75. The fourth-order valence-electron chi connectivity index (χ4n) is 4.07. The lowest BCUT2D eigenvalue weighted by Crippen LogP contribution is -2.33. The SMILES string of the molecule is CC1(C)CCC(C)(C)c2cc(CC#Cc3ccc(C(=O)O)c(O)c3)ccc21.OCCNCCO. The number of hydrogen-bond acceptors (Lipinski definition) is 5. The highest BCUT2D eigenvalue weighted by Crippen LogP contribution is 2.45. The predicted molar refractivity (Wildman–Crippen MR) is 134 cm³/mol. The van der Waals surface area contributed by atoms with Crippen LogP contribution in [0.15, 0.2) is 36.4 Å². The van der Waals surface area contributed by atoms with E-state index >= 15 is 0 Å². The third-order valence-electron chi connectivity index (χ3n) is 6.25. The number of nitrogens with one attached hydrogen (secondary N) is 1. The number of aliphatic hydroxyl groups is 2.